The van der Waals surface area contributed by atoms with Crippen LogP contribution in [0.25, 0.3) is 0 Å². The summed E-state index contributed by atoms with van der Waals surface area (Å²) in [7, 11) is 0. The van der Waals surface area contributed by atoms with Gasteiger partial charge in [0.1, 0.15) is 18.6 Å². The average molecular weight is 452 g/mol. The maximum Gasteiger partial charge on any atom is 0.396 e. The quantitative estimate of drug-likeness (QED) is 0.437. The normalized spacial score (nSPS) is 18.0. The molecule has 154 valence electrons. The van der Waals surface area contributed by atoms with Crippen molar-refractivity contribution in [2.75, 3.05) is 11.4 Å². The average Bonchev–Trinajstić information content (AvgIpc) is 2.97. The van der Waals surface area contributed by atoms with Gasteiger partial charge in [-0.1, -0.05) is 56.9 Å². The number of unbranched alkanes of at least 4 members (excludes halogenated alkanes) is 7. The lowest BCUT2D eigenvalue weighted by atomic mass is 10.0. The minimum Gasteiger partial charge on any atom is -1.00 e. The summed E-state index contributed by atoms with van der Waals surface area (Å²) in [6.45, 7) is 3.38. The summed E-state index contributed by atoms with van der Waals surface area (Å²) in [5.41, 5.74) is -0.482. The van der Waals surface area contributed by atoms with Crippen molar-refractivity contribution in [2.45, 2.75) is 70.6 Å². The summed E-state index contributed by atoms with van der Waals surface area (Å²) in [5, 5.41) is 11.5. The fourth-order valence-corrected chi connectivity index (χ4v) is 3.88. The molecular formula is C22H31BrFN3O. The zero-order chi connectivity index (χ0) is 19.1. The smallest absolute Gasteiger partial charge is 0.396 e. The van der Waals surface area contributed by atoms with Crippen molar-refractivity contribution in [1.82, 2.24) is 4.98 Å². The molecule has 0 radical (unpaired) electrons. The molecule has 28 heavy (non-hydrogen) atoms. The first-order valence-electron chi connectivity index (χ1n) is 10.3. The maximum atomic E-state index is 13.3. The second-order valence-corrected chi connectivity index (χ2v) is 7.50. The number of nitrogens with zero attached hydrogens (tertiary/aromatic N) is 3. The van der Waals surface area contributed by atoms with Crippen molar-refractivity contribution >= 4 is 5.95 Å². The van der Waals surface area contributed by atoms with Crippen LogP contribution in [0.4, 0.5) is 10.3 Å². The summed E-state index contributed by atoms with van der Waals surface area (Å²) in [6, 6.07) is 8.02. The predicted octanol–water partition coefficient (Wildman–Crippen LogP) is 1.32. The molecular weight excluding hydrogens is 421 g/mol. The van der Waals surface area contributed by atoms with Crippen LogP contribution in [0.5, 0.6) is 0 Å². The van der Waals surface area contributed by atoms with Crippen molar-refractivity contribution in [2.24, 2.45) is 0 Å². The predicted molar refractivity (Wildman–Crippen MR) is 105 cm³/mol. The highest BCUT2D eigenvalue weighted by atomic mass is 79.9. The topological polar surface area (TPSA) is 40.2 Å². The van der Waals surface area contributed by atoms with E-state index in [1.807, 2.05) is 21.7 Å². The van der Waals surface area contributed by atoms with Crippen LogP contribution in [0.15, 0.2) is 42.7 Å². The highest BCUT2D eigenvalue weighted by Gasteiger charge is 2.51. The highest BCUT2D eigenvalue weighted by Crippen LogP contribution is 2.34. The van der Waals surface area contributed by atoms with Gasteiger partial charge in [-0.2, -0.15) is 0 Å². The van der Waals surface area contributed by atoms with E-state index in [4.69, 9.17) is 0 Å². The zero-order valence-corrected chi connectivity index (χ0v) is 18.2. The summed E-state index contributed by atoms with van der Waals surface area (Å²) < 4.78 is 15.3. The van der Waals surface area contributed by atoms with Gasteiger partial charge < -0.3 is 22.1 Å². The largest absolute Gasteiger partial charge is 1.00 e. The van der Waals surface area contributed by atoms with Gasteiger partial charge >= 0.3 is 5.95 Å². The summed E-state index contributed by atoms with van der Waals surface area (Å²) >= 11 is 0. The van der Waals surface area contributed by atoms with Crippen molar-refractivity contribution in [3.8, 4) is 0 Å². The van der Waals surface area contributed by atoms with Gasteiger partial charge in [-0.05, 0) is 30.7 Å². The van der Waals surface area contributed by atoms with E-state index in [1.54, 1.807) is 18.3 Å². The number of benzene rings is 1. The summed E-state index contributed by atoms with van der Waals surface area (Å²) in [4.78, 5) is 6.45. The molecule has 0 saturated carbocycles. The molecule has 1 aromatic carbocycles. The zero-order valence-electron chi connectivity index (χ0n) is 16.7. The van der Waals surface area contributed by atoms with E-state index in [0.717, 1.165) is 25.3 Å². The fraction of sp³-hybridized carbons (Fsp3) is 0.545. The van der Waals surface area contributed by atoms with Gasteiger partial charge in [0, 0.05) is 11.6 Å². The Morgan fingerprint density at radius 2 is 1.71 bits per heavy atom. The minimum absolute atomic E-state index is 0. The molecule has 0 unspecified atom stereocenters. The number of anilines is 1. The number of rotatable bonds is 10. The standard InChI is InChI=1S/C22H31FN3O.BrH/c1-2-3-4-5-6-7-8-9-17-26-21-24-15-10-16-25(21)18-22(26,27)19-11-13-20(23)14-12-19;/h10-16,27H,2-9,17-18H2,1H3;1H/q+1;/p-1/t22-;/m1./s1. The molecule has 3 rings (SSSR count). The molecule has 0 aliphatic carbocycles. The molecule has 0 bridgehead atoms. The Bertz CT molecular complexity index is 728. The molecule has 2 aromatic rings. The molecule has 6 heteroatoms. The third-order valence-corrected chi connectivity index (χ3v) is 5.42. The van der Waals surface area contributed by atoms with Gasteiger partial charge in [0.15, 0.2) is 0 Å². The van der Waals surface area contributed by atoms with Crippen LogP contribution in [0.3, 0.4) is 0 Å². The third-order valence-electron chi connectivity index (χ3n) is 5.42. The van der Waals surface area contributed by atoms with Crippen LogP contribution >= 0.6 is 0 Å². The van der Waals surface area contributed by atoms with E-state index >= 15 is 0 Å². The Balaban J connectivity index is 0.00000280. The number of aromatic nitrogens is 2. The molecule has 1 atom stereocenters. The number of hydrogen-bond donors (Lipinski definition) is 1. The first-order valence-corrected chi connectivity index (χ1v) is 10.3. The van der Waals surface area contributed by atoms with Gasteiger partial charge in [0.05, 0.1) is 12.7 Å². The van der Waals surface area contributed by atoms with Crippen LogP contribution in [0.1, 0.15) is 63.9 Å². The summed E-state index contributed by atoms with van der Waals surface area (Å²) in [5.74, 6) is 0.477. The third kappa shape index (κ3) is 5.29. The van der Waals surface area contributed by atoms with E-state index in [1.165, 1.54) is 50.7 Å². The van der Waals surface area contributed by atoms with Crippen molar-refractivity contribution in [3.63, 3.8) is 0 Å². The Labute approximate surface area is 178 Å². The Kier molecular flexibility index (Phi) is 8.83. The van der Waals surface area contributed by atoms with Gasteiger partial charge in [-0.3, -0.25) is 0 Å². The van der Waals surface area contributed by atoms with Crippen molar-refractivity contribution in [3.05, 3.63) is 54.1 Å². The van der Waals surface area contributed by atoms with Crippen LogP contribution in [0.2, 0.25) is 0 Å². The molecule has 2 heterocycles. The Morgan fingerprint density at radius 1 is 1.07 bits per heavy atom. The van der Waals surface area contributed by atoms with E-state index in [2.05, 4.69) is 11.9 Å². The first-order chi connectivity index (χ1) is 13.1. The molecule has 4 nitrogen and oxygen atoms in total. The number of halogens is 2. The lowest BCUT2D eigenvalue weighted by Gasteiger charge is -2.28. The minimum atomic E-state index is -1.18. The molecule has 0 spiro atoms. The maximum absolute atomic E-state index is 13.3. The van der Waals surface area contributed by atoms with Gasteiger partial charge in [-0.15, -0.1) is 0 Å². The van der Waals surface area contributed by atoms with E-state index in [-0.39, 0.29) is 22.8 Å². The van der Waals surface area contributed by atoms with E-state index in [9.17, 15) is 9.50 Å². The highest BCUT2D eigenvalue weighted by molar-refractivity contribution is 5.38. The van der Waals surface area contributed by atoms with E-state index < -0.39 is 5.72 Å². The lowest BCUT2D eigenvalue weighted by Crippen LogP contribution is -3.00. The number of fused-ring (bicyclic) bond motifs is 1. The molecule has 0 fully saturated rings. The molecule has 1 aliphatic rings. The molecule has 0 saturated heterocycles. The second-order valence-electron chi connectivity index (χ2n) is 7.50. The SMILES string of the molecule is CCCCCCCCCCN1c2nccc[n+]2C[C@@]1(O)c1ccc(F)cc1.[Br-]. The molecule has 1 N–H and O–H groups in total. The number of aliphatic hydroxyl groups is 1. The molecule has 0 amide bonds. The van der Waals surface area contributed by atoms with Crippen LogP contribution < -0.4 is 26.4 Å². The van der Waals surface area contributed by atoms with Crippen LogP contribution in [-0.2, 0) is 12.3 Å². The fourth-order valence-electron chi connectivity index (χ4n) is 3.88. The molecule has 1 aliphatic heterocycles. The molecule has 1 aromatic heterocycles. The van der Waals surface area contributed by atoms with E-state index in [0.29, 0.717) is 12.1 Å². The lowest BCUT2D eigenvalue weighted by molar-refractivity contribution is -0.685. The monoisotopic (exact) mass is 451 g/mol. The second kappa shape index (κ2) is 10.9. The first kappa shape index (κ1) is 22.8. The summed E-state index contributed by atoms with van der Waals surface area (Å²) in [6.07, 6.45) is 13.6. The van der Waals surface area contributed by atoms with Gasteiger partial charge in [0.2, 0.25) is 5.72 Å². The van der Waals surface area contributed by atoms with Gasteiger partial charge in [0.25, 0.3) is 0 Å². The Morgan fingerprint density at radius 3 is 2.39 bits per heavy atom. The van der Waals surface area contributed by atoms with Crippen molar-refractivity contribution in [1.29, 1.82) is 0 Å². The van der Waals surface area contributed by atoms with Crippen LogP contribution in [-0.4, -0.2) is 16.6 Å². The van der Waals surface area contributed by atoms with Gasteiger partial charge in [-0.25, -0.2) is 13.9 Å². The van der Waals surface area contributed by atoms with Crippen LogP contribution in [0, 0.1) is 5.82 Å². The van der Waals surface area contributed by atoms with Crippen molar-refractivity contribution < 1.29 is 31.0 Å². The number of hydrogen-bond acceptors (Lipinski definition) is 3. The Hall–Kier alpha value is -1.53.